The van der Waals surface area contributed by atoms with Crippen molar-refractivity contribution >= 4 is 12.2 Å². The second-order valence-corrected chi connectivity index (χ2v) is 7.59. The summed E-state index contributed by atoms with van der Waals surface area (Å²) in [5, 5.41) is 12.4. The maximum absolute atomic E-state index is 12.0. The van der Waals surface area contributed by atoms with E-state index in [1.165, 1.54) is 4.90 Å². The quantitative estimate of drug-likeness (QED) is 0.766. The van der Waals surface area contributed by atoms with Crippen LogP contribution in [-0.4, -0.2) is 45.4 Å². The number of hydrogen-bond donors (Lipinski definition) is 2. The molecule has 0 bridgehead atoms. The molecule has 2 amide bonds. The largest absolute Gasteiger partial charge is 0.465 e. The number of rotatable bonds is 2. The molecule has 0 aromatic rings. The Morgan fingerprint density at radius 2 is 1.68 bits per heavy atom. The van der Waals surface area contributed by atoms with Crippen LogP contribution in [0.15, 0.2) is 12.2 Å². The third kappa shape index (κ3) is 5.24. The standard InChI is InChI=1S/C16H28N2O4/c1-15(2,3)18(14(20)21)12-10-8-7-9-11(12)17-13(19)22-16(4,5)6/h7-8,11-12H,9-10H2,1-6H3,(H,17,19)(H,20,21)/t11-,12-/m1/s1. The normalized spacial score (nSPS) is 22.1. The second kappa shape index (κ2) is 6.58. The summed E-state index contributed by atoms with van der Waals surface area (Å²) in [4.78, 5) is 25.1. The lowest BCUT2D eigenvalue weighted by molar-refractivity contribution is 0.0343. The summed E-state index contributed by atoms with van der Waals surface area (Å²) in [6.45, 7) is 10.9. The fourth-order valence-electron chi connectivity index (χ4n) is 2.63. The van der Waals surface area contributed by atoms with E-state index in [2.05, 4.69) is 5.32 Å². The number of carbonyl (C=O) groups excluding carboxylic acids is 1. The Morgan fingerprint density at radius 3 is 2.14 bits per heavy atom. The summed E-state index contributed by atoms with van der Waals surface area (Å²) in [6, 6.07) is -0.606. The summed E-state index contributed by atoms with van der Waals surface area (Å²) in [7, 11) is 0. The minimum absolute atomic E-state index is 0.296. The molecule has 0 radical (unpaired) electrons. The van der Waals surface area contributed by atoms with E-state index < -0.39 is 23.3 Å². The summed E-state index contributed by atoms with van der Waals surface area (Å²) in [5.74, 6) is 0. The van der Waals surface area contributed by atoms with Crippen molar-refractivity contribution in [3.05, 3.63) is 12.2 Å². The summed E-state index contributed by atoms with van der Waals surface area (Å²) in [5.41, 5.74) is -1.13. The molecule has 2 atom stereocenters. The summed E-state index contributed by atoms with van der Waals surface area (Å²) in [6.07, 6.45) is 3.58. The first-order valence-electron chi connectivity index (χ1n) is 7.58. The van der Waals surface area contributed by atoms with E-state index in [1.807, 2.05) is 32.9 Å². The van der Waals surface area contributed by atoms with Crippen LogP contribution in [0.25, 0.3) is 0 Å². The zero-order chi connectivity index (χ0) is 17.1. The maximum atomic E-state index is 12.0. The number of nitrogens with zero attached hydrogens (tertiary/aromatic N) is 1. The molecule has 0 saturated heterocycles. The zero-order valence-corrected chi connectivity index (χ0v) is 14.3. The average molecular weight is 312 g/mol. The van der Waals surface area contributed by atoms with E-state index in [0.29, 0.717) is 12.8 Å². The van der Waals surface area contributed by atoms with Gasteiger partial charge < -0.3 is 15.2 Å². The van der Waals surface area contributed by atoms with Crippen LogP contribution >= 0.6 is 0 Å². The van der Waals surface area contributed by atoms with E-state index in [1.54, 1.807) is 20.8 Å². The van der Waals surface area contributed by atoms with Gasteiger partial charge in [-0.25, -0.2) is 9.59 Å². The smallest absolute Gasteiger partial charge is 0.408 e. The number of alkyl carbamates (subject to hydrolysis) is 1. The van der Waals surface area contributed by atoms with Crippen molar-refractivity contribution in [3.8, 4) is 0 Å². The lowest BCUT2D eigenvalue weighted by Crippen LogP contribution is -2.60. The van der Waals surface area contributed by atoms with Gasteiger partial charge in [0.25, 0.3) is 0 Å². The predicted octanol–water partition coefficient (Wildman–Crippen LogP) is 3.38. The Bertz CT molecular complexity index is 446. The lowest BCUT2D eigenvalue weighted by atomic mass is 9.91. The van der Waals surface area contributed by atoms with Crippen molar-refractivity contribution < 1.29 is 19.4 Å². The molecule has 126 valence electrons. The number of amides is 2. The molecule has 0 aromatic heterocycles. The molecule has 0 aliphatic heterocycles. The van der Waals surface area contributed by atoms with Crippen LogP contribution < -0.4 is 5.32 Å². The highest BCUT2D eigenvalue weighted by atomic mass is 16.6. The highest BCUT2D eigenvalue weighted by Gasteiger charge is 2.38. The molecule has 0 spiro atoms. The van der Waals surface area contributed by atoms with Gasteiger partial charge in [0.05, 0.1) is 12.1 Å². The Hall–Kier alpha value is -1.72. The van der Waals surface area contributed by atoms with Gasteiger partial charge in [-0.2, -0.15) is 0 Å². The van der Waals surface area contributed by atoms with Crippen LogP contribution in [0.1, 0.15) is 54.4 Å². The average Bonchev–Trinajstić information content (AvgIpc) is 2.26. The van der Waals surface area contributed by atoms with E-state index in [-0.39, 0.29) is 12.1 Å². The molecule has 1 rings (SSSR count). The molecule has 22 heavy (non-hydrogen) atoms. The molecule has 0 fully saturated rings. The van der Waals surface area contributed by atoms with Crippen molar-refractivity contribution in [2.45, 2.75) is 77.6 Å². The number of ether oxygens (including phenoxy) is 1. The van der Waals surface area contributed by atoms with E-state index >= 15 is 0 Å². The van der Waals surface area contributed by atoms with Gasteiger partial charge in [-0.1, -0.05) is 12.2 Å². The van der Waals surface area contributed by atoms with Gasteiger partial charge in [0.15, 0.2) is 0 Å². The van der Waals surface area contributed by atoms with Gasteiger partial charge in [0.2, 0.25) is 0 Å². The minimum atomic E-state index is -0.983. The van der Waals surface area contributed by atoms with Crippen molar-refractivity contribution in [2.24, 2.45) is 0 Å². The maximum Gasteiger partial charge on any atom is 0.408 e. The minimum Gasteiger partial charge on any atom is -0.465 e. The lowest BCUT2D eigenvalue weighted by Gasteiger charge is -2.44. The van der Waals surface area contributed by atoms with Crippen LogP contribution in [0.5, 0.6) is 0 Å². The van der Waals surface area contributed by atoms with E-state index in [9.17, 15) is 14.7 Å². The van der Waals surface area contributed by atoms with E-state index in [0.717, 1.165) is 0 Å². The molecule has 6 nitrogen and oxygen atoms in total. The summed E-state index contributed by atoms with van der Waals surface area (Å²) < 4.78 is 5.27. The molecule has 0 saturated carbocycles. The molecule has 6 heteroatoms. The molecular formula is C16H28N2O4. The van der Waals surface area contributed by atoms with Gasteiger partial charge in [0, 0.05) is 5.54 Å². The SMILES string of the molecule is CC(C)(C)OC(=O)N[C@@H]1CC=CC[C@H]1N(C(=O)O)C(C)(C)C. The number of hydrogen-bond acceptors (Lipinski definition) is 3. The number of nitrogens with one attached hydrogen (secondary N) is 1. The molecular weight excluding hydrogens is 284 g/mol. The van der Waals surface area contributed by atoms with Crippen LogP contribution in [0.2, 0.25) is 0 Å². The molecule has 1 aliphatic rings. The zero-order valence-electron chi connectivity index (χ0n) is 14.3. The first-order chi connectivity index (χ1) is 9.92. The molecule has 0 unspecified atom stereocenters. The van der Waals surface area contributed by atoms with Crippen LogP contribution in [0.3, 0.4) is 0 Å². The van der Waals surface area contributed by atoms with Gasteiger partial charge in [-0.15, -0.1) is 0 Å². The fourth-order valence-corrected chi connectivity index (χ4v) is 2.63. The Kier molecular flexibility index (Phi) is 5.49. The first kappa shape index (κ1) is 18.3. The van der Waals surface area contributed by atoms with Crippen LogP contribution in [-0.2, 0) is 4.74 Å². The predicted molar refractivity (Wildman–Crippen MR) is 84.9 cm³/mol. The monoisotopic (exact) mass is 312 g/mol. The first-order valence-corrected chi connectivity index (χ1v) is 7.58. The summed E-state index contributed by atoms with van der Waals surface area (Å²) >= 11 is 0. The van der Waals surface area contributed by atoms with Gasteiger partial charge in [0.1, 0.15) is 5.60 Å². The Morgan fingerprint density at radius 1 is 1.14 bits per heavy atom. The van der Waals surface area contributed by atoms with Crippen molar-refractivity contribution in [1.29, 1.82) is 0 Å². The van der Waals surface area contributed by atoms with Gasteiger partial charge in [-0.3, -0.25) is 4.90 Å². The highest BCUT2D eigenvalue weighted by Crippen LogP contribution is 2.26. The Labute approximate surface area is 132 Å². The topological polar surface area (TPSA) is 78.9 Å². The van der Waals surface area contributed by atoms with E-state index in [4.69, 9.17) is 4.74 Å². The third-order valence-electron chi connectivity index (χ3n) is 3.36. The molecule has 1 aliphatic carbocycles. The van der Waals surface area contributed by atoms with Gasteiger partial charge >= 0.3 is 12.2 Å². The Balaban J connectivity index is 2.90. The van der Waals surface area contributed by atoms with Crippen LogP contribution in [0, 0.1) is 0 Å². The number of carbonyl (C=O) groups is 2. The molecule has 0 heterocycles. The van der Waals surface area contributed by atoms with Crippen molar-refractivity contribution in [2.75, 3.05) is 0 Å². The van der Waals surface area contributed by atoms with Crippen molar-refractivity contribution in [1.82, 2.24) is 10.2 Å². The fraction of sp³-hybridized carbons (Fsp3) is 0.750. The molecule has 2 N–H and O–H groups in total. The van der Waals surface area contributed by atoms with Crippen molar-refractivity contribution in [3.63, 3.8) is 0 Å². The highest BCUT2D eigenvalue weighted by molar-refractivity contribution is 5.69. The van der Waals surface area contributed by atoms with Crippen LogP contribution in [0.4, 0.5) is 9.59 Å². The number of carboxylic acid groups (broad SMARTS) is 1. The second-order valence-electron chi connectivity index (χ2n) is 7.59. The van der Waals surface area contributed by atoms with Gasteiger partial charge in [-0.05, 0) is 54.4 Å². The molecule has 0 aromatic carbocycles. The third-order valence-corrected chi connectivity index (χ3v) is 3.36.